The molecule has 0 aliphatic carbocycles. The van der Waals surface area contributed by atoms with Crippen molar-refractivity contribution in [2.75, 3.05) is 26.2 Å². The third-order valence-corrected chi connectivity index (χ3v) is 4.47. The Balaban J connectivity index is 2.01. The Bertz CT molecular complexity index is 429. The van der Waals surface area contributed by atoms with E-state index in [-0.39, 0.29) is 6.04 Å². The molecule has 2 rings (SSSR count). The zero-order valence-electron chi connectivity index (χ0n) is 12.6. The van der Waals surface area contributed by atoms with Crippen LogP contribution in [0.1, 0.15) is 38.3 Å². The third kappa shape index (κ3) is 3.59. The van der Waals surface area contributed by atoms with Crippen molar-refractivity contribution in [1.29, 1.82) is 5.26 Å². The van der Waals surface area contributed by atoms with E-state index in [1.807, 2.05) is 6.07 Å². The van der Waals surface area contributed by atoms with E-state index in [1.165, 1.54) is 12.0 Å². The van der Waals surface area contributed by atoms with Crippen molar-refractivity contribution in [3.63, 3.8) is 0 Å². The summed E-state index contributed by atoms with van der Waals surface area (Å²) in [5.41, 5.74) is 1.27. The van der Waals surface area contributed by atoms with Crippen LogP contribution in [0.3, 0.4) is 0 Å². The Labute approximate surface area is 122 Å². The van der Waals surface area contributed by atoms with E-state index in [0.717, 1.165) is 26.2 Å². The maximum absolute atomic E-state index is 9.12. The molecule has 0 aromatic heterocycles. The maximum atomic E-state index is 9.12. The van der Waals surface area contributed by atoms with Crippen LogP contribution in [0, 0.1) is 11.3 Å². The van der Waals surface area contributed by atoms with Crippen molar-refractivity contribution in [2.45, 2.75) is 38.8 Å². The summed E-state index contributed by atoms with van der Waals surface area (Å²) in [5.74, 6) is 0. The molecule has 1 aliphatic rings. The van der Waals surface area contributed by atoms with Gasteiger partial charge in [-0.3, -0.25) is 9.80 Å². The highest BCUT2D eigenvalue weighted by molar-refractivity contribution is 5.20. The van der Waals surface area contributed by atoms with Crippen molar-refractivity contribution < 1.29 is 0 Å². The van der Waals surface area contributed by atoms with Crippen molar-refractivity contribution in [3.05, 3.63) is 35.9 Å². The summed E-state index contributed by atoms with van der Waals surface area (Å²) in [6.45, 7) is 8.91. The van der Waals surface area contributed by atoms with Gasteiger partial charge >= 0.3 is 0 Å². The summed E-state index contributed by atoms with van der Waals surface area (Å²) in [5, 5.41) is 9.12. The van der Waals surface area contributed by atoms with E-state index in [4.69, 9.17) is 5.26 Å². The predicted molar refractivity (Wildman–Crippen MR) is 82.3 cm³/mol. The van der Waals surface area contributed by atoms with Crippen LogP contribution in [-0.2, 0) is 0 Å². The second-order valence-corrected chi connectivity index (χ2v) is 5.62. The number of nitriles is 1. The van der Waals surface area contributed by atoms with Crippen LogP contribution >= 0.6 is 0 Å². The minimum Gasteiger partial charge on any atom is -0.298 e. The number of benzene rings is 1. The SMILES string of the molecule is CCC(C)N1CCN(C(CC#N)c2ccccc2)CC1. The molecule has 1 heterocycles. The fraction of sp³-hybridized carbons (Fsp3) is 0.588. The molecular formula is C17H25N3. The molecule has 0 saturated carbocycles. The van der Waals surface area contributed by atoms with Crippen LogP contribution in [0.4, 0.5) is 0 Å². The molecule has 0 N–H and O–H groups in total. The normalized spacial score (nSPS) is 20.2. The molecular weight excluding hydrogens is 246 g/mol. The van der Waals surface area contributed by atoms with E-state index in [1.54, 1.807) is 0 Å². The Morgan fingerprint density at radius 3 is 2.25 bits per heavy atom. The molecule has 20 heavy (non-hydrogen) atoms. The molecule has 2 atom stereocenters. The monoisotopic (exact) mass is 271 g/mol. The van der Waals surface area contributed by atoms with E-state index < -0.39 is 0 Å². The summed E-state index contributed by atoms with van der Waals surface area (Å²) in [4.78, 5) is 5.03. The van der Waals surface area contributed by atoms with Crippen LogP contribution in [0.2, 0.25) is 0 Å². The van der Waals surface area contributed by atoms with Gasteiger partial charge in [-0.2, -0.15) is 5.26 Å². The lowest BCUT2D eigenvalue weighted by Crippen LogP contribution is -2.50. The third-order valence-electron chi connectivity index (χ3n) is 4.47. The van der Waals surface area contributed by atoms with Gasteiger partial charge in [0.1, 0.15) is 0 Å². The van der Waals surface area contributed by atoms with Gasteiger partial charge < -0.3 is 0 Å². The molecule has 1 aliphatic heterocycles. The van der Waals surface area contributed by atoms with E-state index in [2.05, 4.69) is 54.0 Å². The largest absolute Gasteiger partial charge is 0.298 e. The van der Waals surface area contributed by atoms with Crippen LogP contribution in [-0.4, -0.2) is 42.0 Å². The Morgan fingerprint density at radius 2 is 1.70 bits per heavy atom. The van der Waals surface area contributed by atoms with Gasteiger partial charge in [0.25, 0.3) is 0 Å². The molecule has 1 aromatic rings. The molecule has 3 heteroatoms. The molecule has 0 radical (unpaired) electrons. The second-order valence-electron chi connectivity index (χ2n) is 5.62. The first kappa shape index (κ1) is 15.0. The van der Waals surface area contributed by atoms with Gasteiger partial charge in [0.05, 0.1) is 12.5 Å². The van der Waals surface area contributed by atoms with Gasteiger partial charge in [0, 0.05) is 38.3 Å². The first-order chi connectivity index (χ1) is 9.76. The summed E-state index contributed by atoms with van der Waals surface area (Å²) in [7, 11) is 0. The minimum absolute atomic E-state index is 0.250. The van der Waals surface area contributed by atoms with Gasteiger partial charge in [0.2, 0.25) is 0 Å². The van der Waals surface area contributed by atoms with Gasteiger partial charge in [-0.15, -0.1) is 0 Å². The second kappa shape index (κ2) is 7.42. The van der Waals surface area contributed by atoms with E-state index in [0.29, 0.717) is 12.5 Å². The predicted octanol–water partition coefficient (Wildman–Crippen LogP) is 3.06. The molecule has 0 amide bonds. The number of hydrogen-bond acceptors (Lipinski definition) is 3. The van der Waals surface area contributed by atoms with Crippen molar-refractivity contribution in [3.8, 4) is 6.07 Å². The highest BCUT2D eigenvalue weighted by Gasteiger charge is 2.26. The Morgan fingerprint density at radius 1 is 1.10 bits per heavy atom. The van der Waals surface area contributed by atoms with Crippen LogP contribution in [0.15, 0.2) is 30.3 Å². The van der Waals surface area contributed by atoms with E-state index >= 15 is 0 Å². The summed E-state index contributed by atoms with van der Waals surface area (Å²) in [6.07, 6.45) is 1.79. The Kier molecular flexibility index (Phi) is 5.58. The maximum Gasteiger partial charge on any atom is 0.0641 e. The molecule has 0 bridgehead atoms. The smallest absolute Gasteiger partial charge is 0.0641 e. The number of rotatable bonds is 5. The van der Waals surface area contributed by atoms with Crippen molar-refractivity contribution in [1.82, 2.24) is 9.80 Å². The number of nitrogens with zero attached hydrogens (tertiary/aromatic N) is 3. The summed E-state index contributed by atoms with van der Waals surface area (Å²) < 4.78 is 0. The molecule has 0 spiro atoms. The zero-order chi connectivity index (χ0) is 14.4. The highest BCUT2D eigenvalue weighted by Crippen LogP contribution is 2.25. The molecule has 2 unspecified atom stereocenters. The van der Waals surface area contributed by atoms with Gasteiger partial charge in [-0.05, 0) is 18.9 Å². The molecule has 108 valence electrons. The zero-order valence-corrected chi connectivity index (χ0v) is 12.6. The Hall–Kier alpha value is -1.37. The lowest BCUT2D eigenvalue weighted by Gasteiger charge is -2.41. The standard InChI is InChI=1S/C17H25N3/c1-3-15(2)19-11-13-20(14-12-19)17(9-10-18)16-7-5-4-6-8-16/h4-8,15,17H,3,9,11-14H2,1-2H3. The average molecular weight is 271 g/mol. The highest BCUT2D eigenvalue weighted by atomic mass is 15.3. The topological polar surface area (TPSA) is 30.3 Å². The lowest BCUT2D eigenvalue weighted by molar-refractivity contribution is 0.0732. The molecule has 1 fully saturated rings. The number of piperazine rings is 1. The minimum atomic E-state index is 0.250. The quantitative estimate of drug-likeness (QED) is 0.824. The summed E-state index contributed by atoms with van der Waals surface area (Å²) >= 11 is 0. The lowest BCUT2D eigenvalue weighted by atomic mass is 10.0. The summed E-state index contributed by atoms with van der Waals surface area (Å²) in [6, 6.07) is 13.7. The average Bonchev–Trinajstić information content (AvgIpc) is 2.53. The molecule has 1 aromatic carbocycles. The van der Waals surface area contributed by atoms with Gasteiger partial charge in [0.15, 0.2) is 0 Å². The molecule has 1 saturated heterocycles. The van der Waals surface area contributed by atoms with E-state index in [9.17, 15) is 0 Å². The fourth-order valence-corrected chi connectivity index (χ4v) is 2.97. The van der Waals surface area contributed by atoms with Crippen molar-refractivity contribution >= 4 is 0 Å². The van der Waals surface area contributed by atoms with Crippen LogP contribution < -0.4 is 0 Å². The molecule has 3 nitrogen and oxygen atoms in total. The van der Waals surface area contributed by atoms with Crippen molar-refractivity contribution in [2.24, 2.45) is 0 Å². The van der Waals surface area contributed by atoms with Gasteiger partial charge in [-0.1, -0.05) is 37.3 Å². The first-order valence-corrected chi connectivity index (χ1v) is 7.66. The first-order valence-electron chi connectivity index (χ1n) is 7.66. The van der Waals surface area contributed by atoms with Gasteiger partial charge in [-0.25, -0.2) is 0 Å². The fourth-order valence-electron chi connectivity index (χ4n) is 2.97. The van der Waals surface area contributed by atoms with Crippen LogP contribution in [0.5, 0.6) is 0 Å². The van der Waals surface area contributed by atoms with Crippen LogP contribution in [0.25, 0.3) is 0 Å². The number of hydrogen-bond donors (Lipinski definition) is 0.